The van der Waals surface area contributed by atoms with Gasteiger partial charge in [0.05, 0.1) is 23.6 Å². The Morgan fingerprint density at radius 1 is 1.32 bits per heavy atom. The zero-order chi connectivity index (χ0) is 15.7. The molecule has 8 nitrogen and oxygen atoms in total. The Balaban J connectivity index is 1.72. The van der Waals surface area contributed by atoms with Crippen molar-refractivity contribution in [3.05, 3.63) is 36.2 Å². The second-order valence-corrected chi connectivity index (χ2v) is 5.30. The molecule has 0 spiro atoms. The molecule has 1 aliphatic carbocycles. The van der Waals surface area contributed by atoms with Crippen LogP contribution in [-0.4, -0.2) is 37.2 Å². The molecule has 0 saturated heterocycles. The van der Waals surface area contributed by atoms with Gasteiger partial charge in [0, 0.05) is 0 Å². The highest BCUT2D eigenvalue weighted by Gasteiger charge is 2.48. The van der Waals surface area contributed by atoms with Gasteiger partial charge >= 0.3 is 5.97 Å². The highest BCUT2D eigenvalue weighted by Crippen LogP contribution is 2.39. The Morgan fingerprint density at radius 3 is 2.68 bits per heavy atom. The Hall–Kier alpha value is -2.77. The van der Waals surface area contributed by atoms with Gasteiger partial charge in [-0.2, -0.15) is 4.68 Å². The van der Waals surface area contributed by atoms with Crippen molar-refractivity contribution in [1.29, 1.82) is 0 Å². The molecule has 0 aliphatic heterocycles. The van der Waals surface area contributed by atoms with Crippen molar-refractivity contribution in [2.75, 3.05) is 0 Å². The summed E-state index contributed by atoms with van der Waals surface area (Å²) in [5.41, 5.74) is 0.790. The van der Waals surface area contributed by atoms with Crippen molar-refractivity contribution in [2.45, 2.75) is 19.4 Å². The zero-order valence-corrected chi connectivity index (χ0v) is 11.9. The van der Waals surface area contributed by atoms with Gasteiger partial charge < -0.3 is 10.4 Å². The van der Waals surface area contributed by atoms with E-state index in [0.29, 0.717) is 12.2 Å². The quantitative estimate of drug-likeness (QED) is 0.835. The molecule has 1 amide bonds. The summed E-state index contributed by atoms with van der Waals surface area (Å²) in [7, 11) is 0. The minimum atomic E-state index is -0.929. The Labute approximate surface area is 126 Å². The molecule has 1 saturated carbocycles. The fourth-order valence-electron chi connectivity index (χ4n) is 2.36. The average Bonchev–Trinajstić information content (AvgIpc) is 3.17. The number of hydrogen-bond donors (Lipinski definition) is 2. The maximum Gasteiger partial charge on any atom is 0.307 e. The van der Waals surface area contributed by atoms with E-state index in [1.165, 1.54) is 0 Å². The van der Waals surface area contributed by atoms with Crippen LogP contribution in [0.3, 0.4) is 0 Å². The van der Waals surface area contributed by atoms with Crippen molar-refractivity contribution in [3.63, 3.8) is 0 Å². The average molecular weight is 301 g/mol. The number of aliphatic carboxylic acids is 1. The zero-order valence-electron chi connectivity index (χ0n) is 11.9. The number of rotatable bonds is 5. The molecule has 1 heterocycles. The molecule has 3 atom stereocenters. The number of aromatic nitrogens is 4. The summed E-state index contributed by atoms with van der Waals surface area (Å²) in [6.07, 6.45) is 0.386. The second kappa shape index (κ2) is 5.55. The molecule has 0 unspecified atom stereocenters. The van der Waals surface area contributed by atoms with Gasteiger partial charge in [0.25, 0.3) is 0 Å². The number of tetrazole rings is 1. The van der Waals surface area contributed by atoms with Crippen LogP contribution in [0.1, 0.15) is 25.2 Å². The molecule has 3 rings (SSSR count). The molecule has 2 N–H and O–H groups in total. The number of carboxylic acids is 1. The lowest BCUT2D eigenvalue weighted by atomic mass is 10.2. The van der Waals surface area contributed by atoms with E-state index < -0.39 is 23.8 Å². The highest BCUT2D eigenvalue weighted by atomic mass is 16.4. The summed E-state index contributed by atoms with van der Waals surface area (Å²) in [5, 5.41) is 23.2. The number of hydrogen-bond acceptors (Lipinski definition) is 5. The number of benzene rings is 1. The first-order valence-electron chi connectivity index (χ1n) is 6.95. The molecular weight excluding hydrogens is 286 g/mol. The van der Waals surface area contributed by atoms with E-state index in [0.717, 1.165) is 5.69 Å². The van der Waals surface area contributed by atoms with Crippen LogP contribution in [0, 0.1) is 11.8 Å². The summed E-state index contributed by atoms with van der Waals surface area (Å²) in [6, 6.07) is 8.92. The molecule has 1 aromatic carbocycles. The molecule has 0 bridgehead atoms. The molecule has 2 aromatic rings. The standard InChI is InChI=1S/C14H15N5O3/c1-8(15-13(20)10-7-11(10)14(21)22)12-16-17-18-19(12)9-5-3-2-4-6-9/h2-6,8,10-11H,7H2,1H3,(H,15,20)(H,21,22)/t8-,10-,11-/m0/s1. The summed E-state index contributed by atoms with van der Waals surface area (Å²) in [4.78, 5) is 22.8. The van der Waals surface area contributed by atoms with Gasteiger partial charge in [-0.1, -0.05) is 18.2 Å². The van der Waals surface area contributed by atoms with Crippen molar-refractivity contribution in [2.24, 2.45) is 11.8 Å². The Bertz CT molecular complexity index is 700. The second-order valence-electron chi connectivity index (χ2n) is 5.30. The van der Waals surface area contributed by atoms with Crippen LogP contribution in [0.5, 0.6) is 0 Å². The summed E-state index contributed by atoms with van der Waals surface area (Å²) < 4.78 is 1.55. The van der Waals surface area contributed by atoms with Gasteiger partial charge in [0.1, 0.15) is 0 Å². The van der Waals surface area contributed by atoms with E-state index in [1.54, 1.807) is 11.6 Å². The van der Waals surface area contributed by atoms with Crippen molar-refractivity contribution in [3.8, 4) is 5.69 Å². The summed E-state index contributed by atoms with van der Waals surface area (Å²) >= 11 is 0. The normalized spacial score (nSPS) is 21.1. The lowest BCUT2D eigenvalue weighted by Crippen LogP contribution is -2.30. The van der Waals surface area contributed by atoms with Crippen LogP contribution in [0.4, 0.5) is 0 Å². The largest absolute Gasteiger partial charge is 0.481 e. The van der Waals surface area contributed by atoms with Crippen LogP contribution in [0.15, 0.2) is 30.3 Å². The minimum Gasteiger partial charge on any atom is -0.481 e. The lowest BCUT2D eigenvalue weighted by molar-refractivity contribution is -0.140. The monoisotopic (exact) mass is 301 g/mol. The Morgan fingerprint density at radius 2 is 2.05 bits per heavy atom. The van der Waals surface area contributed by atoms with Crippen LogP contribution in [0.2, 0.25) is 0 Å². The van der Waals surface area contributed by atoms with E-state index >= 15 is 0 Å². The van der Waals surface area contributed by atoms with E-state index in [1.807, 2.05) is 30.3 Å². The third-order valence-electron chi connectivity index (χ3n) is 3.68. The predicted octanol–water partition coefficient (Wildman–Crippen LogP) is 0.560. The molecule has 1 aromatic heterocycles. The van der Waals surface area contributed by atoms with Crippen molar-refractivity contribution >= 4 is 11.9 Å². The van der Waals surface area contributed by atoms with Crippen LogP contribution in [0.25, 0.3) is 5.69 Å². The fraction of sp³-hybridized carbons (Fsp3) is 0.357. The summed E-state index contributed by atoms with van der Waals surface area (Å²) in [5.74, 6) is -1.74. The first-order valence-corrected chi connectivity index (χ1v) is 6.95. The maximum absolute atomic E-state index is 12.0. The van der Waals surface area contributed by atoms with Gasteiger partial charge in [0.2, 0.25) is 5.91 Å². The molecule has 8 heteroatoms. The topological polar surface area (TPSA) is 110 Å². The number of carbonyl (C=O) groups is 2. The molecule has 1 fully saturated rings. The van der Waals surface area contributed by atoms with Crippen LogP contribution >= 0.6 is 0 Å². The minimum absolute atomic E-state index is 0.275. The number of amides is 1. The first kappa shape index (κ1) is 14.2. The van der Waals surface area contributed by atoms with Crippen LogP contribution < -0.4 is 5.32 Å². The highest BCUT2D eigenvalue weighted by molar-refractivity contribution is 5.89. The fourth-order valence-corrected chi connectivity index (χ4v) is 2.36. The molecule has 1 aliphatic rings. The van der Waals surface area contributed by atoms with E-state index in [2.05, 4.69) is 20.8 Å². The van der Waals surface area contributed by atoms with E-state index in [4.69, 9.17) is 5.11 Å². The van der Waals surface area contributed by atoms with E-state index in [9.17, 15) is 9.59 Å². The third kappa shape index (κ3) is 2.67. The number of carboxylic acid groups (broad SMARTS) is 1. The number of nitrogens with zero attached hydrogens (tertiary/aromatic N) is 4. The number of para-hydroxylation sites is 1. The van der Waals surface area contributed by atoms with Crippen molar-refractivity contribution in [1.82, 2.24) is 25.5 Å². The number of nitrogens with one attached hydrogen (secondary N) is 1. The smallest absolute Gasteiger partial charge is 0.307 e. The lowest BCUT2D eigenvalue weighted by Gasteiger charge is -2.13. The van der Waals surface area contributed by atoms with Gasteiger partial charge in [-0.3, -0.25) is 9.59 Å². The number of carbonyl (C=O) groups excluding carboxylic acids is 1. The van der Waals surface area contributed by atoms with Gasteiger partial charge in [0.15, 0.2) is 5.82 Å². The third-order valence-corrected chi connectivity index (χ3v) is 3.68. The molecule has 0 radical (unpaired) electrons. The SMILES string of the molecule is C[C@H](NC(=O)[C@H]1C[C@@H]1C(=O)O)c1nnnn1-c1ccccc1. The Kier molecular flexibility index (Phi) is 3.58. The molecule has 114 valence electrons. The molecular formula is C14H15N5O3. The maximum atomic E-state index is 12.0. The summed E-state index contributed by atoms with van der Waals surface area (Å²) in [6.45, 7) is 1.77. The first-order chi connectivity index (χ1) is 10.6. The van der Waals surface area contributed by atoms with Crippen molar-refractivity contribution < 1.29 is 14.7 Å². The predicted molar refractivity (Wildman–Crippen MR) is 74.9 cm³/mol. The van der Waals surface area contributed by atoms with E-state index in [-0.39, 0.29) is 5.91 Å². The van der Waals surface area contributed by atoms with Crippen LogP contribution in [-0.2, 0) is 9.59 Å². The van der Waals surface area contributed by atoms with Gasteiger partial charge in [-0.05, 0) is 35.9 Å². The van der Waals surface area contributed by atoms with Gasteiger partial charge in [-0.25, -0.2) is 0 Å². The van der Waals surface area contributed by atoms with Gasteiger partial charge in [-0.15, -0.1) is 5.10 Å². The molecule has 22 heavy (non-hydrogen) atoms.